The molecule has 2 saturated heterocycles. The molecular formula is C35H43N9O2S. The van der Waals surface area contributed by atoms with Crippen molar-refractivity contribution in [3.8, 4) is 17.6 Å². The highest BCUT2D eigenvalue weighted by molar-refractivity contribution is 7.16. The van der Waals surface area contributed by atoms with Gasteiger partial charge in [0.1, 0.15) is 16.9 Å². The molecule has 11 nitrogen and oxygen atoms in total. The molecule has 0 amide bonds. The number of aromatic nitrogens is 5. The van der Waals surface area contributed by atoms with Crippen LogP contribution in [0.15, 0.2) is 4.52 Å². The van der Waals surface area contributed by atoms with Crippen LogP contribution >= 0.6 is 11.3 Å². The summed E-state index contributed by atoms with van der Waals surface area (Å²) >= 11 is 1.56. The molecule has 47 heavy (non-hydrogen) atoms. The molecule has 4 aromatic heterocycles. The fraction of sp³-hybridized carbons (Fsp3) is 0.629. The number of nitrogens with two attached hydrogens (primary N) is 1. The Kier molecular flexibility index (Phi) is 6.45. The maximum absolute atomic E-state index is 11.3. The minimum atomic E-state index is -0.806. The lowest BCUT2D eigenvalue weighted by Crippen LogP contribution is -2.54. The zero-order chi connectivity index (χ0) is 32.4. The number of thiophene rings is 1. The molecule has 2 aliphatic carbocycles. The summed E-state index contributed by atoms with van der Waals surface area (Å²) in [7, 11) is 2.21. The normalized spacial score (nSPS) is 30.7. The van der Waals surface area contributed by atoms with E-state index in [1.165, 1.54) is 11.3 Å². The van der Waals surface area contributed by atoms with Gasteiger partial charge in [0.2, 0.25) is 0 Å². The second-order valence-corrected chi connectivity index (χ2v) is 16.4. The SMILES string of the molecule is C[C@@H]1c2nn([C@@H](C)[C@@H]3CCCN3C)c3nc(-c4noc5c4CCC[C@@]54CCCc5sc(N)c(C#N)c54)nc(c23)N2C[C@](C)(O)CC[C@H]12. The van der Waals surface area contributed by atoms with Gasteiger partial charge in [-0.05, 0) is 97.2 Å². The standard InChI is InChI=1S/C35H43N9O2S/c1-18-22-11-14-34(3,45)17-43(22)32-25-27(18)40-44(19(2)23-9-7-15-42(23)4)33(25)39-31(38-32)28-20-8-5-12-35(29(20)46-41-28)13-6-10-24-26(35)21(16-36)30(37)47-24/h18-19,22-23,45H,5-15,17,37H2,1-4H3/t18-,19-,22+,23-,34+,35-/m0/s1. The van der Waals surface area contributed by atoms with Gasteiger partial charge in [-0.25, -0.2) is 14.6 Å². The molecule has 2 fully saturated rings. The number of nitrogen functional groups attached to an aromatic ring is 1. The van der Waals surface area contributed by atoms with Crippen LogP contribution in [0.25, 0.3) is 22.6 Å². The third kappa shape index (κ3) is 4.09. The van der Waals surface area contributed by atoms with Crippen molar-refractivity contribution in [3.05, 3.63) is 33.0 Å². The van der Waals surface area contributed by atoms with Gasteiger partial charge in [0.15, 0.2) is 22.9 Å². The Bertz CT molecular complexity index is 1960. The maximum atomic E-state index is 11.3. The molecular weight excluding hydrogens is 611 g/mol. The molecule has 3 N–H and O–H groups in total. The Hall–Kier alpha value is -3.53. The number of nitrogens with zero attached hydrogens (tertiary/aromatic N) is 8. The van der Waals surface area contributed by atoms with E-state index in [1.807, 2.05) is 6.92 Å². The van der Waals surface area contributed by atoms with Gasteiger partial charge >= 0.3 is 0 Å². The predicted molar refractivity (Wildman–Crippen MR) is 181 cm³/mol. The van der Waals surface area contributed by atoms with Gasteiger partial charge in [-0.3, -0.25) is 0 Å². The number of piperidine rings is 1. The molecule has 0 saturated carbocycles. The lowest BCUT2D eigenvalue weighted by molar-refractivity contribution is 0.0337. The molecule has 0 aromatic carbocycles. The van der Waals surface area contributed by atoms with Crippen LogP contribution in [0, 0.1) is 11.3 Å². The van der Waals surface area contributed by atoms with Crippen LogP contribution in [0.3, 0.4) is 0 Å². The van der Waals surface area contributed by atoms with Gasteiger partial charge in [-0.15, -0.1) is 11.3 Å². The molecule has 0 radical (unpaired) electrons. The second-order valence-electron chi connectivity index (χ2n) is 15.2. The zero-order valence-corrected chi connectivity index (χ0v) is 28.5. The molecule has 1 spiro atoms. The lowest BCUT2D eigenvalue weighted by atomic mass is 9.63. The zero-order valence-electron chi connectivity index (χ0n) is 27.7. The van der Waals surface area contributed by atoms with Crippen LogP contribution in [0.5, 0.6) is 0 Å². The van der Waals surface area contributed by atoms with Gasteiger partial charge in [0, 0.05) is 35.0 Å². The van der Waals surface area contributed by atoms with Crippen molar-refractivity contribution in [1.82, 2.24) is 29.8 Å². The first-order valence-corrected chi connectivity index (χ1v) is 18.2. The number of aryl methyl sites for hydroxylation is 1. The Morgan fingerprint density at radius 2 is 1.96 bits per heavy atom. The van der Waals surface area contributed by atoms with Gasteiger partial charge in [-0.1, -0.05) is 12.1 Å². The second kappa shape index (κ2) is 10.2. The summed E-state index contributed by atoms with van der Waals surface area (Å²) in [6, 6.07) is 3.13. The number of nitriles is 1. The van der Waals surface area contributed by atoms with Crippen molar-refractivity contribution in [2.45, 2.75) is 120 Å². The van der Waals surface area contributed by atoms with Gasteiger partial charge in [-0.2, -0.15) is 10.4 Å². The molecule has 0 unspecified atom stereocenters. The summed E-state index contributed by atoms with van der Waals surface area (Å²) < 4.78 is 8.54. The first-order valence-electron chi connectivity index (χ1n) is 17.4. The molecule has 4 aromatic rings. The largest absolute Gasteiger partial charge is 0.389 e. The van der Waals surface area contributed by atoms with E-state index in [0.29, 0.717) is 34.7 Å². The molecule has 9 rings (SSSR count). The molecule has 0 bridgehead atoms. The van der Waals surface area contributed by atoms with E-state index in [4.69, 9.17) is 30.5 Å². The van der Waals surface area contributed by atoms with E-state index in [2.05, 4.69) is 41.4 Å². The van der Waals surface area contributed by atoms with Crippen molar-refractivity contribution in [1.29, 1.82) is 5.26 Å². The molecule has 5 aliphatic rings. The van der Waals surface area contributed by atoms with E-state index in [0.717, 1.165) is 104 Å². The number of hydrogen-bond acceptors (Lipinski definition) is 11. The molecule has 7 heterocycles. The minimum Gasteiger partial charge on any atom is -0.389 e. The summed E-state index contributed by atoms with van der Waals surface area (Å²) in [6.45, 7) is 8.07. The third-order valence-corrected chi connectivity index (χ3v) is 13.4. The summed E-state index contributed by atoms with van der Waals surface area (Å²) in [5, 5.41) is 33.1. The molecule has 246 valence electrons. The number of fused-ring (bicyclic) bond motifs is 6. The van der Waals surface area contributed by atoms with E-state index in [-0.39, 0.29) is 18.0 Å². The molecule has 12 heteroatoms. The van der Waals surface area contributed by atoms with Crippen LogP contribution < -0.4 is 10.6 Å². The average Bonchev–Trinajstić information content (AvgIpc) is 3.83. The highest BCUT2D eigenvalue weighted by atomic mass is 32.1. The first-order chi connectivity index (χ1) is 22.6. The fourth-order valence-corrected chi connectivity index (χ4v) is 11.2. The number of anilines is 2. The van der Waals surface area contributed by atoms with Gasteiger partial charge in [0.25, 0.3) is 0 Å². The van der Waals surface area contributed by atoms with Crippen molar-refractivity contribution in [2.75, 3.05) is 30.8 Å². The predicted octanol–water partition coefficient (Wildman–Crippen LogP) is 5.45. The number of likely N-dealkylation sites (tertiary alicyclic amines) is 1. The Morgan fingerprint density at radius 1 is 1.15 bits per heavy atom. The van der Waals surface area contributed by atoms with E-state index < -0.39 is 11.0 Å². The summed E-state index contributed by atoms with van der Waals surface area (Å²) in [5.41, 5.74) is 10.5. The summed E-state index contributed by atoms with van der Waals surface area (Å²) in [6.07, 6.45) is 9.47. The topological polar surface area (TPSA) is 146 Å². The highest BCUT2D eigenvalue weighted by Crippen LogP contribution is 2.55. The van der Waals surface area contributed by atoms with Crippen molar-refractivity contribution >= 4 is 33.2 Å². The van der Waals surface area contributed by atoms with Crippen LogP contribution in [-0.4, -0.2) is 72.7 Å². The number of likely N-dealkylation sites (N-methyl/N-ethyl adjacent to an activating group) is 1. The van der Waals surface area contributed by atoms with Crippen molar-refractivity contribution in [3.63, 3.8) is 0 Å². The Morgan fingerprint density at radius 3 is 2.72 bits per heavy atom. The quantitative estimate of drug-likeness (QED) is 0.293. The Balaban J connectivity index is 1.25. The van der Waals surface area contributed by atoms with Crippen LogP contribution in [0.1, 0.15) is 117 Å². The molecule has 3 aliphatic heterocycles. The van der Waals surface area contributed by atoms with Crippen LogP contribution in [0.4, 0.5) is 10.8 Å². The smallest absolute Gasteiger partial charge is 0.186 e. The average molecular weight is 654 g/mol. The minimum absolute atomic E-state index is 0.128. The van der Waals surface area contributed by atoms with E-state index >= 15 is 0 Å². The fourth-order valence-electron chi connectivity index (χ4n) is 10.00. The van der Waals surface area contributed by atoms with Crippen LogP contribution in [0.2, 0.25) is 0 Å². The first kappa shape index (κ1) is 29.6. The summed E-state index contributed by atoms with van der Waals surface area (Å²) in [5.74, 6) is 2.45. The number of hydrogen-bond donors (Lipinski definition) is 2. The number of aliphatic hydroxyl groups is 1. The Labute approximate surface area is 278 Å². The van der Waals surface area contributed by atoms with Gasteiger partial charge in [0.05, 0.1) is 33.7 Å². The third-order valence-electron chi connectivity index (χ3n) is 12.3. The van der Waals surface area contributed by atoms with Crippen molar-refractivity contribution in [2.24, 2.45) is 0 Å². The number of rotatable bonds is 3. The maximum Gasteiger partial charge on any atom is 0.186 e. The van der Waals surface area contributed by atoms with E-state index in [9.17, 15) is 10.4 Å². The van der Waals surface area contributed by atoms with Crippen LogP contribution in [-0.2, 0) is 18.3 Å². The highest BCUT2D eigenvalue weighted by Gasteiger charge is 2.50. The van der Waals surface area contributed by atoms with Crippen molar-refractivity contribution < 1.29 is 9.63 Å². The lowest BCUT2D eigenvalue weighted by Gasteiger charge is -2.47. The summed E-state index contributed by atoms with van der Waals surface area (Å²) in [4.78, 5) is 16.6. The molecule has 6 atom stereocenters. The monoisotopic (exact) mass is 653 g/mol. The van der Waals surface area contributed by atoms with E-state index in [1.54, 1.807) is 11.3 Å². The van der Waals surface area contributed by atoms with Gasteiger partial charge < -0.3 is 25.2 Å².